The summed E-state index contributed by atoms with van der Waals surface area (Å²) in [5.41, 5.74) is 17.8. The first-order valence-corrected chi connectivity index (χ1v) is 28.3. The lowest BCUT2D eigenvalue weighted by atomic mass is 10.0. The number of H-pyrrole nitrogens is 1. The topological polar surface area (TPSA) is 441 Å². The monoisotopic (exact) mass is 1160 g/mol. The molecule has 2 aliphatic heterocycles. The Labute approximate surface area is 472 Å². The van der Waals surface area contributed by atoms with Crippen molar-refractivity contribution in [1.82, 2.24) is 57.0 Å². The van der Waals surface area contributed by atoms with E-state index in [-0.39, 0.29) is 88.0 Å². The lowest BCUT2D eigenvalue weighted by Crippen LogP contribution is -2.60. The van der Waals surface area contributed by atoms with Crippen LogP contribution in [0.5, 0.6) is 5.75 Å². The molecule has 2 aliphatic rings. The van der Waals surface area contributed by atoms with Crippen LogP contribution in [0.2, 0.25) is 0 Å². The van der Waals surface area contributed by atoms with Gasteiger partial charge in [-0.1, -0.05) is 26.0 Å². The van der Waals surface area contributed by atoms with Crippen LogP contribution in [0.4, 0.5) is 0 Å². The third-order valence-corrected chi connectivity index (χ3v) is 14.2. The van der Waals surface area contributed by atoms with Crippen LogP contribution in [0.3, 0.4) is 0 Å². The molecule has 28 nitrogen and oxygen atoms in total. The number of guanidine groups is 1. The number of carbonyl (C=O) groups excluding carboxylic acids is 9. The van der Waals surface area contributed by atoms with Crippen molar-refractivity contribution in [2.75, 3.05) is 50.5 Å². The van der Waals surface area contributed by atoms with Crippen molar-refractivity contribution in [3.63, 3.8) is 0 Å². The Kier molecular flexibility index (Phi) is 26.8. The third-order valence-electron chi connectivity index (χ3n) is 13.2. The number of hydrogen-bond acceptors (Lipinski definition) is 17. The number of aromatic nitrogens is 2. The number of imidazole rings is 1. The second-order valence-corrected chi connectivity index (χ2v) is 21.2. The molecule has 2 fully saturated rings. The molecule has 0 bridgehead atoms. The third kappa shape index (κ3) is 20.5. The van der Waals surface area contributed by atoms with Gasteiger partial charge < -0.3 is 84.5 Å². The van der Waals surface area contributed by atoms with Gasteiger partial charge in [-0.25, -0.2) is 9.78 Å². The smallest absolute Gasteiger partial charge is 0.326 e. The van der Waals surface area contributed by atoms with E-state index in [4.69, 9.17) is 17.2 Å². The SMILES string of the molecule is CSCC[C@H](N)C(=O)N[C@@H](Cc1cnc[nH]1)C(=O)N[C@@H](Cc1ccc(O)cc1)C(=O)N1CCC[C@H]1C(=O)N1CCC[C@H]1C(=O)N[C@@H](CS)C(=O)N[C@@H](CC(C)C)C(=O)N[C@@H](CO)C(=O)NCC(=O)N[C@@H](CCCN=C(N)N)C(=O)O. The van der Waals surface area contributed by atoms with Gasteiger partial charge in [0.25, 0.3) is 0 Å². The number of aromatic hydroxyl groups is 1. The van der Waals surface area contributed by atoms with Crippen molar-refractivity contribution in [2.45, 2.75) is 132 Å². The highest BCUT2D eigenvalue weighted by atomic mass is 32.2. The van der Waals surface area contributed by atoms with E-state index < -0.39 is 127 Å². The van der Waals surface area contributed by atoms with E-state index in [0.717, 1.165) is 0 Å². The van der Waals surface area contributed by atoms with E-state index in [1.54, 1.807) is 26.0 Å². The number of carboxylic acids is 1. The number of carboxylic acid groups (broad SMARTS) is 1. The number of aliphatic imine (C=N–C) groups is 1. The number of amides is 9. The molecule has 3 heterocycles. The molecule has 1 aromatic heterocycles. The molecule has 0 saturated carbocycles. The molecule has 0 aliphatic carbocycles. The molecule has 2 saturated heterocycles. The summed E-state index contributed by atoms with van der Waals surface area (Å²) in [6.45, 7) is 2.26. The predicted octanol–water partition coefficient (Wildman–Crippen LogP) is -3.91. The molecule has 0 spiro atoms. The van der Waals surface area contributed by atoms with Crippen molar-refractivity contribution in [3.8, 4) is 5.75 Å². The summed E-state index contributed by atoms with van der Waals surface area (Å²) in [6.07, 6.45) is 6.50. The highest BCUT2D eigenvalue weighted by Crippen LogP contribution is 2.27. The van der Waals surface area contributed by atoms with E-state index in [2.05, 4.69) is 64.8 Å². The molecule has 17 N–H and O–H groups in total. The van der Waals surface area contributed by atoms with Crippen LogP contribution >= 0.6 is 24.4 Å². The first-order valence-electron chi connectivity index (χ1n) is 26.3. The number of likely N-dealkylation sites (tertiary alicyclic amines) is 2. The van der Waals surface area contributed by atoms with Gasteiger partial charge in [0.05, 0.1) is 25.5 Å². The highest BCUT2D eigenvalue weighted by molar-refractivity contribution is 7.98. The Morgan fingerprint density at radius 3 is 2.02 bits per heavy atom. The number of aliphatic hydroxyl groups excluding tert-OH is 1. The van der Waals surface area contributed by atoms with E-state index in [1.807, 2.05) is 6.26 Å². The van der Waals surface area contributed by atoms with Crippen LogP contribution in [-0.2, 0) is 60.8 Å². The number of aliphatic hydroxyl groups is 1. The molecule has 1 aromatic carbocycles. The zero-order valence-electron chi connectivity index (χ0n) is 45.1. The largest absolute Gasteiger partial charge is 0.508 e. The van der Waals surface area contributed by atoms with Gasteiger partial charge in [-0.05, 0) is 87.0 Å². The van der Waals surface area contributed by atoms with Crippen LogP contribution in [-0.4, -0.2) is 205 Å². The Hall–Kier alpha value is -7.18. The summed E-state index contributed by atoms with van der Waals surface area (Å²) in [6, 6.07) is -5.09. The van der Waals surface area contributed by atoms with Gasteiger partial charge in [0.2, 0.25) is 53.2 Å². The molecule has 4 rings (SSSR count). The molecular weight excluding hydrogens is 1080 g/mol. The van der Waals surface area contributed by atoms with Crippen molar-refractivity contribution in [2.24, 2.45) is 28.1 Å². The number of phenols is 1. The van der Waals surface area contributed by atoms with Crippen molar-refractivity contribution in [3.05, 3.63) is 48.0 Å². The number of nitrogens with one attached hydrogen (secondary N) is 8. The highest BCUT2D eigenvalue weighted by Gasteiger charge is 2.45. The summed E-state index contributed by atoms with van der Waals surface area (Å²) in [5, 5.41) is 47.2. The number of aliphatic carboxylic acids is 1. The molecule has 442 valence electrons. The number of aromatic amines is 1. The number of hydrogen-bond donors (Lipinski definition) is 15. The number of nitrogens with two attached hydrogens (primary N) is 3. The zero-order valence-corrected chi connectivity index (χ0v) is 46.8. The number of carbonyl (C=O) groups is 10. The maximum Gasteiger partial charge on any atom is 0.326 e. The fourth-order valence-corrected chi connectivity index (χ4v) is 9.75. The summed E-state index contributed by atoms with van der Waals surface area (Å²) >= 11 is 5.80. The molecule has 2 aromatic rings. The van der Waals surface area contributed by atoms with Gasteiger partial charge in [-0.2, -0.15) is 24.4 Å². The first-order chi connectivity index (χ1) is 38.1. The summed E-state index contributed by atoms with van der Waals surface area (Å²) in [4.78, 5) is 149. The lowest BCUT2D eigenvalue weighted by molar-refractivity contribution is -0.148. The molecule has 0 radical (unpaired) electrons. The van der Waals surface area contributed by atoms with Gasteiger partial charge in [-0.15, -0.1) is 0 Å². The predicted molar refractivity (Wildman–Crippen MR) is 297 cm³/mol. The molecule has 80 heavy (non-hydrogen) atoms. The molecular formula is C50H77N15O13S2. The van der Waals surface area contributed by atoms with E-state index in [0.29, 0.717) is 36.3 Å². The van der Waals surface area contributed by atoms with Gasteiger partial charge in [-0.3, -0.25) is 48.1 Å². The number of nitrogens with zero attached hydrogens (tertiary/aromatic N) is 4. The van der Waals surface area contributed by atoms with E-state index in [1.165, 1.54) is 46.2 Å². The molecule has 9 atom stereocenters. The summed E-state index contributed by atoms with van der Waals surface area (Å²) in [7, 11) is 0. The van der Waals surface area contributed by atoms with Crippen LogP contribution < -0.4 is 54.4 Å². The Balaban J connectivity index is 1.43. The van der Waals surface area contributed by atoms with Crippen LogP contribution in [0, 0.1) is 5.92 Å². The average Bonchev–Trinajstić information content (AvgIpc) is 4.25. The van der Waals surface area contributed by atoms with Crippen LogP contribution in [0.15, 0.2) is 41.8 Å². The number of thioether (sulfide) groups is 1. The van der Waals surface area contributed by atoms with Gasteiger partial charge >= 0.3 is 5.97 Å². The summed E-state index contributed by atoms with van der Waals surface area (Å²) in [5.74, 6) is -8.15. The number of phenolic OH excluding ortho intramolecular Hbond substituents is 1. The minimum Gasteiger partial charge on any atom is -0.508 e. The maximum atomic E-state index is 14.7. The van der Waals surface area contributed by atoms with E-state index in [9.17, 15) is 63.3 Å². The standard InChI is InChI=1S/C50H77N15O13S2/c1-27(2)19-33(43(71)62-36(24-66)42(70)56-23-40(68)58-32(49(77)78)7-4-15-55-50(52)53)60-45(73)37(25-79)63-46(74)38-8-5-16-64(38)48(76)39-9-6-17-65(39)47(75)35(20-28-10-12-30(67)13-11-28)61-44(72)34(21-29-22-54-26-57-29)59-41(69)31(51)14-18-80-3/h10-13,22,26-27,31-39,66-67,79H,4-9,14-21,23-25,51H2,1-3H3,(H,54,57)(H,56,70)(H,58,68)(H,59,69)(H,60,73)(H,61,72)(H,62,71)(H,63,74)(H,77,78)(H4,52,53,55)/t31-,32-,33-,34-,35-,36-,37-,38-,39-/m0/s1. The fraction of sp³-hybridized carbons (Fsp3) is 0.600. The Bertz CT molecular complexity index is 2470. The molecule has 0 unspecified atom stereocenters. The molecule has 9 amide bonds. The fourth-order valence-electron chi connectivity index (χ4n) is 9.00. The lowest BCUT2D eigenvalue weighted by Gasteiger charge is -2.33. The number of thiol groups is 1. The zero-order chi connectivity index (χ0) is 59.1. The van der Waals surface area contributed by atoms with Gasteiger partial charge in [0.15, 0.2) is 5.96 Å². The molecule has 30 heteroatoms. The van der Waals surface area contributed by atoms with Crippen molar-refractivity contribution < 1.29 is 63.3 Å². The van der Waals surface area contributed by atoms with Crippen molar-refractivity contribution in [1.29, 1.82) is 0 Å². The Morgan fingerprint density at radius 2 is 1.41 bits per heavy atom. The first kappa shape index (κ1) is 65.3. The van der Waals surface area contributed by atoms with Gasteiger partial charge in [0.1, 0.15) is 54.1 Å². The van der Waals surface area contributed by atoms with Crippen LogP contribution in [0.25, 0.3) is 0 Å². The average molecular weight is 1160 g/mol. The second-order valence-electron chi connectivity index (χ2n) is 19.8. The number of rotatable bonds is 32. The van der Waals surface area contributed by atoms with Gasteiger partial charge in [0, 0.05) is 50.1 Å². The number of benzene rings is 1. The Morgan fingerprint density at radius 1 is 0.787 bits per heavy atom. The minimum absolute atomic E-state index is 0.0253. The van der Waals surface area contributed by atoms with Crippen molar-refractivity contribution >= 4 is 89.5 Å². The second kappa shape index (κ2) is 32.8. The quantitative estimate of drug-likeness (QED) is 0.0144. The van der Waals surface area contributed by atoms with Crippen LogP contribution in [0.1, 0.15) is 76.5 Å². The maximum absolute atomic E-state index is 14.7. The normalized spacial score (nSPS) is 17.6. The summed E-state index contributed by atoms with van der Waals surface area (Å²) < 4.78 is 0. The van der Waals surface area contributed by atoms with E-state index >= 15 is 0 Å². The minimum atomic E-state index is -1.61.